The minimum absolute atomic E-state index is 0.146. The lowest BCUT2D eigenvalue weighted by atomic mass is 10.1. The predicted molar refractivity (Wildman–Crippen MR) is 83.0 cm³/mol. The maximum atomic E-state index is 13.8. The van der Waals surface area contributed by atoms with Crippen LogP contribution in [-0.4, -0.2) is 20.0 Å². The topological polar surface area (TPSA) is 58.4 Å². The second-order valence-corrected chi connectivity index (χ2v) is 4.92. The molecule has 110 valence electrons. The van der Waals surface area contributed by atoms with Gasteiger partial charge in [0.15, 0.2) is 0 Å². The molecule has 1 amide bonds. The van der Waals surface area contributed by atoms with Gasteiger partial charge in [-0.3, -0.25) is 4.79 Å². The predicted octanol–water partition coefficient (Wildman–Crippen LogP) is 2.60. The Labute approximate surface area is 123 Å². The van der Waals surface area contributed by atoms with E-state index in [-0.39, 0.29) is 18.1 Å². The van der Waals surface area contributed by atoms with Crippen molar-refractivity contribution in [1.82, 2.24) is 0 Å². The minimum Gasteiger partial charge on any atom is -0.378 e. The molecule has 0 radical (unpaired) electrons. The Morgan fingerprint density at radius 2 is 2.00 bits per heavy atom. The number of nitrogens with one attached hydrogen (secondary N) is 1. The lowest BCUT2D eigenvalue weighted by molar-refractivity contribution is 0.102. The Morgan fingerprint density at radius 1 is 1.24 bits per heavy atom. The van der Waals surface area contributed by atoms with Gasteiger partial charge in [0.2, 0.25) is 0 Å². The Morgan fingerprint density at radius 3 is 2.62 bits per heavy atom. The van der Waals surface area contributed by atoms with Crippen LogP contribution in [-0.2, 0) is 6.54 Å². The number of rotatable bonds is 4. The lowest BCUT2D eigenvalue weighted by Gasteiger charge is -2.13. The van der Waals surface area contributed by atoms with Crippen LogP contribution in [0.1, 0.15) is 15.9 Å². The SMILES string of the molecule is CN(C)c1cccc(C(=O)Nc2ccc(CN)cc2F)c1. The van der Waals surface area contributed by atoms with E-state index in [0.29, 0.717) is 11.1 Å². The summed E-state index contributed by atoms with van der Waals surface area (Å²) < 4.78 is 13.8. The van der Waals surface area contributed by atoms with Crippen LogP contribution in [0, 0.1) is 5.82 Å². The fraction of sp³-hybridized carbons (Fsp3) is 0.188. The quantitative estimate of drug-likeness (QED) is 0.908. The standard InChI is InChI=1S/C16H18FN3O/c1-20(2)13-5-3-4-12(9-13)16(21)19-15-7-6-11(10-18)8-14(15)17/h3-9H,10,18H2,1-2H3,(H,19,21). The van der Waals surface area contributed by atoms with Crippen molar-refractivity contribution < 1.29 is 9.18 Å². The van der Waals surface area contributed by atoms with Gasteiger partial charge >= 0.3 is 0 Å². The summed E-state index contributed by atoms with van der Waals surface area (Å²) in [4.78, 5) is 14.1. The first kappa shape index (κ1) is 15.0. The molecule has 0 fully saturated rings. The van der Waals surface area contributed by atoms with Crippen LogP contribution in [0.3, 0.4) is 0 Å². The first-order valence-corrected chi connectivity index (χ1v) is 6.58. The van der Waals surface area contributed by atoms with Crippen LogP contribution in [0.15, 0.2) is 42.5 Å². The van der Waals surface area contributed by atoms with E-state index in [1.165, 1.54) is 12.1 Å². The highest BCUT2D eigenvalue weighted by Crippen LogP contribution is 2.18. The Kier molecular flexibility index (Phi) is 4.55. The van der Waals surface area contributed by atoms with Crippen molar-refractivity contribution in [2.45, 2.75) is 6.54 Å². The van der Waals surface area contributed by atoms with Crippen molar-refractivity contribution in [3.05, 3.63) is 59.4 Å². The van der Waals surface area contributed by atoms with Gasteiger partial charge in [-0.2, -0.15) is 0 Å². The number of amides is 1. The maximum absolute atomic E-state index is 13.8. The number of nitrogens with zero attached hydrogens (tertiary/aromatic N) is 1. The molecular formula is C16H18FN3O. The zero-order valence-corrected chi connectivity index (χ0v) is 12.1. The molecule has 3 N–H and O–H groups in total. The molecule has 0 saturated carbocycles. The minimum atomic E-state index is -0.491. The highest BCUT2D eigenvalue weighted by atomic mass is 19.1. The van der Waals surface area contributed by atoms with Crippen LogP contribution in [0.4, 0.5) is 15.8 Å². The van der Waals surface area contributed by atoms with E-state index in [4.69, 9.17) is 5.73 Å². The molecule has 2 aromatic carbocycles. The molecule has 2 rings (SSSR count). The molecule has 4 nitrogen and oxygen atoms in total. The Balaban J connectivity index is 2.20. The molecule has 0 bridgehead atoms. The van der Waals surface area contributed by atoms with Crippen LogP contribution >= 0.6 is 0 Å². The van der Waals surface area contributed by atoms with Gasteiger partial charge in [0.05, 0.1) is 5.69 Å². The van der Waals surface area contributed by atoms with Crippen molar-refractivity contribution >= 4 is 17.3 Å². The van der Waals surface area contributed by atoms with Gasteiger partial charge in [-0.1, -0.05) is 12.1 Å². The number of carbonyl (C=O) groups is 1. The average molecular weight is 287 g/mol. The highest BCUT2D eigenvalue weighted by molar-refractivity contribution is 6.04. The van der Waals surface area contributed by atoms with Gasteiger partial charge < -0.3 is 16.0 Å². The van der Waals surface area contributed by atoms with E-state index < -0.39 is 5.82 Å². The van der Waals surface area contributed by atoms with E-state index in [1.54, 1.807) is 24.3 Å². The van der Waals surface area contributed by atoms with Gasteiger partial charge in [0.1, 0.15) is 5.82 Å². The van der Waals surface area contributed by atoms with E-state index in [2.05, 4.69) is 5.32 Å². The van der Waals surface area contributed by atoms with Crippen molar-refractivity contribution in [1.29, 1.82) is 0 Å². The fourth-order valence-corrected chi connectivity index (χ4v) is 1.91. The third kappa shape index (κ3) is 3.58. The van der Waals surface area contributed by atoms with Gasteiger partial charge in [-0.15, -0.1) is 0 Å². The molecule has 0 heterocycles. The molecule has 5 heteroatoms. The zero-order chi connectivity index (χ0) is 15.4. The number of benzene rings is 2. The maximum Gasteiger partial charge on any atom is 0.255 e. The average Bonchev–Trinajstić information content (AvgIpc) is 2.49. The molecule has 0 unspecified atom stereocenters. The summed E-state index contributed by atoms with van der Waals surface area (Å²) in [6.45, 7) is 0.260. The first-order chi connectivity index (χ1) is 10.0. The monoisotopic (exact) mass is 287 g/mol. The summed E-state index contributed by atoms with van der Waals surface area (Å²) in [5, 5.41) is 2.57. The third-order valence-electron chi connectivity index (χ3n) is 3.14. The summed E-state index contributed by atoms with van der Waals surface area (Å²) in [6, 6.07) is 11.7. The smallest absolute Gasteiger partial charge is 0.255 e. The summed E-state index contributed by atoms with van der Waals surface area (Å²) in [7, 11) is 3.78. The number of carbonyl (C=O) groups excluding carboxylic acids is 1. The highest BCUT2D eigenvalue weighted by Gasteiger charge is 2.10. The van der Waals surface area contributed by atoms with Crippen molar-refractivity contribution in [2.75, 3.05) is 24.3 Å². The Bertz CT molecular complexity index is 656. The summed E-state index contributed by atoms with van der Waals surface area (Å²) in [6.07, 6.45) is 0. The fourth-order valence-electron chi connectivity index (χ4n) is 1.91. The third-order valence-corrected chi connectivity index (χ3v) is 3.14. The van der Waals surface area contributed by atoms with E-state index in [0.717, 1.165) is 5.69 Å². The van der Waals surface area contributed by atoms with E-state index in [9.17, 15) is 9.18 Å². The lowest BCUT2D eigenvalue weighted by Crippen LogP contribution is -2.15. The molecule has 0 aromatic heterocycles. The summed E-state index contributed by atoms with van der Waals surface area (Å²) in [5.74, 6) is -0.840. The van der Waals surface area contributed by atoms with Crippen molar-refractivity contribution in [3.8, 4) is 0 Å². The number of halogens is 1. The Hall–Kier alpha value is -2.40. The molecular weight excluding hydrogens is 269 g/mol. The van der Waals surface area contributed by atoms with Gasteiger partial charge in [0.25, 0.3) is 5.91 Å². The second-order valence-electron chi connectivity index (χ2n) is 4.92. The van der Waals surface area contributed by atoms with Crippen LogP contribution in [0.5, 0.6) is 0 Å². The van der Waals surface area contributed by atoms with Crippen LogP contribution < -0.4 is 16.0 Å². The van der Waals surface area contributed by atoms with Crippen molar-refractivity contribution in [3.63, 3.8) is 0 Å². The number of anilines is 2. The van der Waals surface area contributed by atoms with E-state index >= 15 is 0 Å². The zero-order valence-electron chi connectivity index (χ0n) is 12.1. The normalized spacial score (nSPS) is 10.3. The molecule has 2 aromatic rings. The van der Waals surface area contributed by atoms with Crippen LogP contribution in [0.25, 0.3) is 0 Å². The molecule has 0 aliphatic carbocycles. The van der Waals surface area contributed by atoms with Crippen LogP contribution in [0.2, 0.25) is 0 Å². The number of nitrogens with two attached hydrogens (primary N) is 1. The summed E-state index contributed by atoms with van der Waals surface area (Å²) in [5.41, 5.74) is 7.65. The molecule has 0 aliphatic rings. The van der Waals surface area contributed by atoms with Gasteiger partial charge in [-0.25, -0.2) is 4.39 Å². The molecule has 0 saturated heterocycles. The first-order valence-electron chi connectivity index (χ1n) is 6.58. The summed E-state index contributed by atoms with van der Waals surface area (Å²) >= 11 is 0. The molecule has 0 atom stereocenters. The number of hydrogen-bond donors (Lipinski definition) is 2. The van der Waals surface area contributed by atoms with E-state index in [1.807, 2.05) is 25.1 Å². The largest absolute Gasteiger partial charge is 0.378 e. The number of hydrogen-bond acceptors (Lipinski definition) is 3. The van der Waals surface area contributed by atoms with Gasteiger partial charge in [-0.05, 0) is 35.9 Å². The molecule has 0 aliphatic heterocycles. The molecule has 0 spiro atoms. The molecule has 21 heavy (non-hydrogen) atoms. The van der Waals surface area contributed by atoms with Gasteiger partial charge in [0, 0.05) is 31.9 Å². The second kappa shape index (κ2) is 6.37. The van der Waals surface area contributed by atoms with Crippen molar-refractivity contribution in [2.24, 2.45) is 5.73 Å².